The third-order valence-electron chi connectivity index (χ3n) is 2.14. The molecule has 0 aromatic carbocycles. The van der Waals surface area contributed by atoms with Crippen LogP contribution in [0.15, 0.2) is 28.8 Å². The molecule has 1 rings (SSSR count). The molecule has 0 fully saturated rings. The van der Waals surface area contributed by atoms with E-state index in [1.807, 2.05) is 0 Å². The Bertz CT molecular complexity index is 259. The number of nitrogens with zero attached hydrogens (tertiary/aromatic N) is 1. The third kappa shape index (κ3) is 1.65. The molecular formula is C9H11NS. The lowest BCUT2D eigenvalue weighted by Crippen LogP contribution is -2.23. The van der Waals surface area contributed by atoms with Gasteiger partial charge in [0.2, 0.25) is 0 Å². The average molecular weight is 165 g/mol. The number of isothiocyanates is 1. The lowest BCUT2D eigenvalue weighted by molar-refractivity contribution is 0.559. The Kier molecular flexibility index (Phi) is 2.38. The standard InChI is InChI=1S/C9H11NS/c1-8-5-3-4-6-9(8,2)10-7-11/h3-5H,6H2,1-2H3. The van der Waals surface area contributed by atoms with Gasteiger partial charge in [0.15, 0.2) is 0 Å². The maximum Gasteiger partial charge on any atom is 0.0926 e. The van der Waals surface area contributed by atoms with Gasteiger partial charge in [-0.2, -0.15) is 0 Å². The molecule has 0 radical (unpaired) electrons. The molecule has 0 aromatic heterocycles. The lowest BCUT2D eigenvalue weighted by Gasteiger charge is -2.25. The van der Waals surface area contributed by atoms with Crippen molar-refractivity contribution in [3.63, 3.8) is 0 Å². The fraction of sp³-hybridized carbons (Fsp3) is 0.444. The summed E-state index contributed by atoms with van der Waals surface area (Å²) in [5, 5.41) is 2.44. The SMILES string of the molecule is CC1=CC=CCC1(C)N=C=S. The van der Waals surface area contributed by atoms with Gasteiger partial charge in [-0.15, -0.1) is 0 Å². The van der Waals surface area contributed by atoms with Crippen molar-refractivity contribution in [1.82, 2.24) is 0 Å². The van der Waals surface area contributed by atoms with E-state index in [0.29, 0.717) is 0 Å². The molecule has 0 spiro atoms. The molecule has 0 saturated carbocycles. The Morgan fingerprint density at radius 1 is 1.73 bits per heavy atom. The van der Waals surface area contributed by atoms with Gasteiger partial charge < -0.3 is 0 Å². The quantitative estimate of drug-likeness (QED) is 0.430. The van der Waals surface area contributed by atoms with Crippen molar-refractivity contribution in [2.75, 3.05) is 0 Å². The first-order valence-corrected chi connectivity index (χ1v) is 4.03. The Labute approximate surface area is 72.5 Å². The predicted octanol–water partition coefficient (Wildman–Crippen LogP) is 2.75. The highest BCUT2D eigenvalue weighted by Gasteiger charge is 2.24. The summed E-state index contributed by atoms with van der Waals surface area (Å²) in [5.41, 5.74) is 1.12. The summed E-state index contributed by atoms with van der Waals surface area (Å²) in [5.74, 6) is 0. The highest BCUT2D eigenvalue weighted by Crippen LogP contribution is 2.28. The first-order chi connectivity index (χ1) is 5.19. The van der Waals surface area contributed by atoms with Crippen molar-refractivity contribution < 1.29 is 0 Å². The second-order valence-electron chi connectivity index (χ2n) is 2.96. The smallest absolute Gasteiger partial charge is 0.0926 e. The first-order valence-electron chi connectivity index (χ1n) is 3.62. The van der Waals surface area contributed by atoms with Crippen LogP contribution in [-0.2, 0) is 0 Å². The largest absolute Gasteiger partial charge is 0.221 e. The minimum absolute atomic E-state index is 0.128. The molecule has 1 nitrogen and oxygen atoms in total. The van der Waals surface area contributed by atoms with E-state index in [0.717, 1.165) is 6.42 Å². The molecule has 11 heavy (non-hydrogen) atoms. The summed E-state index contributed by atoms with van der Waals surface area (Å²) in [4.78, 5) is 4.14. The highest BCUT2D eigenvalue weighted by atomic mass is 32.1. The second kappa shape index (κ2) is 3.12. The summed E-state index contributed by atoms with van der Waals surface area (Å²) in [7, 11) is 0. The maximum atomic E-state index is 4.59. The Hall–Kier alpha value is -0.720. The van der Waals surface area contributed by atoms with E-state index in [9.17, 15) is 0 Å². The zero-order chi connectivity index (χ0) is 8.32. The molecule has 2 heteroatoms. The highest BCUT2D eigenvalue weighted by molar-refractivity contribution is 7.78. The monoisotopic (exact) mass is 165 g/mol. The van der Waals surface area contributed by atoms with Gasteiger partial charge in [0, 0.05) is 0 Å². The van der Waals surface area contributed by atoms with Crippen molar-refractivity contribution in [2.24, 2.45) is 4.99 Å². The fourth-order valence-corrected chi connectivity index (χ4v) is 1.29. The second-order valence-corrected chi connectivity index (χ2v) is 3.14. The number of rotatable bonds is 1. The molecule has 0 saturated heterocycles. The zero-order valence-electron chi connectivity index (χ0n) is 6.79. The van der Waals surface area contributed by atoms with Crippen molar-refractivity contribution in [3.8, 4) is 0 Å². The van der Waals surface area contributed by atoms with Gasteiger partial charge in [-0.05, 0) is 38.1 Å². The van der Waals surface area contributed by atoms with E-state index >= 15 is 0 Å². The minimum Gasteiger partial charge on any atom is -0.221 e. The van der Waals surface area contributed by atoms with Gasteiger partial charge in [0.25, 0.3) is 0 Å². The molecule has 1 unspecified atom stereocenters. The van der Waals surface area contributed by atoms with E-state index in [4.69, 9.17) is 0 Å². The Balaban J connectivity index is 2.96. The summed E-state index contributed by atoms with van der Waals surface area (Å²) in [6.45, 7) is 4.14. The Morgan fingerprint density at radius 2 is 2.45 bits per heavy atom. The maximum absolute atomic E-state index is 4.59. The van der Waals surface area contributed by atoms with Gasteiger partial charge in [-0.25, -0.2) is 4.99 Å². The van der Waals surface area contributed by atoms with E-state index < -0.39 is 0 Å². The average Bonchev–Trinajstić information content (AvgIpc) is 1.96. The van der Waals surface area contributed by atoms with E-state index in [1.54, 1.807) is 0 Å². The van der Waals surface area contributed by atoms with Crippen molar-refractivity contribution in [3.05, 3.63) is 23.8 Å². The number of hydrogen-bond acceptors (Lipinski definition) is 2. The van der Waals surface area contributed by atoms with E-state index in [-0.39, 0.29) is 5.54 Å². The summed E-state index contributed by atoms with van der Waals surface area (Å²) < 4.78 is 0. The molecule has 0 aromatic rings. The minimum atomic E-state index is -0.128. The van der Waals surface area contributed by atoms with Crippen LogP contribution >= 0.6 is 12.2 Å². The van der Waals surface area contributed by atoms with Crippen molar-refractivity contribution in [2.45, 2.75) is 25.8 Å². The van der Waals surface area contributed by atoms with Crippen LogP contribution in [-0.4, -0.2) is 10.7 Å². The van der Waals surface area contributed by atoms with Crippen LogP contribution in [0.3, 0.4) is 0 Å². The molecule has 1 aliphatic rings. The topological polar surface area (TPSA) is 12.4 Å². The summed E-state index contributed by atoms with van der Waals surface area (Å²) in [6.07, 6.45) is 7.15. The van der Waals surface area contributed by atoms with E-state index in [2.05, 4.69) is 54.4 Å². The molecule has 0 bridgehead atoms. The van der Waals surface area contributed by atoms with Crippen LogP contribution in [0, 0.1) is 0 Å². The van der Waals surface area contributed by atoms with Gasteiger partial charge in [-0.1, -0.05) is 18.2 Å². The molecule has 0 N–H and O–H groups in total. The van der Waals surface area contributed by atoms with Gasteiger partial charge >= 0.3 is 0 Å². The van der Waals surface area contributed by atoms with Crippen LogP contribution in [0.2, 0.25) is 0 Å². The molecular weight excluding hydrogens is 154 g/mol. The molecule has 1 aliphatic carbocycles. The van der Waals surface area contributed by atoms with Crippen LogP contribution in [0.25, 0.3) is 0 Å². The number of hydrogen-bond donors (Lipinski definition) is 0. The Morgan fingerprint density at radius 3 is 3.00 bits per heavy atom. The zero-order valence-corrected chi connectivity index (χ0v) is 7.61. The lowest BCUT2D eigenvalue weighted by atomic mass is 9.87. The van der Waals surface area contributed by atoms with Crippen molar-refractivity contribution in [1.29, 1.82) is 0 Å². The summed E-state index contributed by atoms with van der Waals surface area (Å²) in [6, 6.07) is 0. The van der Waals surface area contributed by atoms with Gasteiger partial charge in [0.1, 0.15) is 0 Å². The summed E-state index contributed by atoms with van der Waals surface area (Å²) >= 11 is 4.59. The number of thiocarbonyl (C=S) groups is 1. The van der Waals surface area contributed by atoms with Crippen molar-refractivity contribution >= 4 is 17.4 Å². The van der Waals surface area contributed by atoms with Crippen LogP contribution in [0.1, 0.15) is 20.3 Å². The molecule has 0 aliphatic heterocycles. The first kappa shape index (κ1) is 8.38. The molecule has 0 heterocycles. The number of aliphatic imine (C=N–C) groups is 1. The fourth-order valence-electron chi connectivity index (χ4n) is 1.08. The van der Waals surface area contributed by atoms with Crippen LogP contribution in [0.4, 0.5) is 0 Å². The normalized spacial score (nSPS) is 29.1. The molecule has 1 atom stereocenters. The third-order valence-corrected chi connectivity index (χ3v) is 2.23. The van der Waals surface area contributed by atoms with Crippen LogP contribution in [0.5, 0.6) is 0 Å². The van der Waals surface area contributed by atoms with Gasteiger partial charge in [0.05, 0.1) is 10.7 Å². The molecule has 58 valence electrons. The molecule has 0 amide bonds. The predicted molar refractivity (Wildman–Crippen MR) is 50.9 cm³/mol. The number of allylic oxidation sites excluding steroid dienone is 2. The van der Waals surface area contributed by atoms with Gasteiger partial charge in [-0.3, -0.25) is 0 Å². The van der Waals surface area contributed by atoms with E-state index in [1.165, 1.54) is 5.57 Å². The van der Waals surface area contributed by atoms with Crippen LogP contribution < -0.4 is 0 Å².